The van der Waals surface area contributed by atoms with E-state index >= 15 is 0 Å². The van der Waals surface area contributed by atoms with Crippen LogP contribution in [0.15, 0.2) is 17.2 Å². The third kappa shape index (κ3) is 5.37. The van der Waals surface area contributed by atoms with Crippen molar-refractivity contribution in [3.05, 3.63) is 27.2 Å². The van der Waals surface area contributed by atoms with Crippen LogP contribution in [0.2, 0.25) is 15.1 Å². The van der Waals surface area contributed by atoms with Crippen molar-refractivity contribution in [3.8, 4) is 0 Å². The quantitative estimate of drug-likeness (QED) is 0.339. The predicted molar refractivity (Wildman–Crippen MR) is 84.2 cm³/mol. The summed E-state index contributed by atoms with van der Waals surface area (Å²) in [5.41, 5.74) is 2.82. The topological polar surface area (TPSA) is 50.7 Å². The molecule has 1 rings (SSSR count). The van der Waals surface area contributed by atoms with Gasteiger partial charge in [0.05, 0.1) is 22.3 Å². The fourth-order valence-corrected chi connectivity index (χ4v) is 2.17. The lowest BCUT2D eigenvalue weighted by Crippen LogP contribution is -2.14. The lowest BCUT2D eigenvalue weighted by molar-refractivity contribution is -0.135. The van der Waals surface area contributed by atoms with Gasteiger partial charge in [-0.05, 0) is 18.6 Å². The van der Waals surface area contributed by atoms with E-state index in [1.165, 1.54) is 12.1 Å². The Bertz CT molecular complexity index is 497. The van der Waals surface area contributed by atoms with Crippen molar-refractivity contribution in [1.82, 2.24) is 0 Å². The number of nitrogens with one attached hydrogen (secondary N) is 1. The van der Waals surface area contributed by atoms with Gasteiger partial charge in [0.25, 0.3) is 0 Å². The van der Waals surface area contributed by atoms with Gasteiger partial charge >= 0.3 is 5.97 Å². The van der Waals surface area contributed by atoms with Crippen LogP contribution in [0, 0.1) is 0 Å². The van der Waals surface area contributed by atoms with Crippen molar-refractivity contribution in [3.63, 3.8) is 0 Å². The molecule has 0 radical (unpaired) electrons. The summed E-state index contributed by atoms with van der Waals surface area (Å²) in [5, 5.41) is 4.23. The molecule has 0 aliphatic rings. The van der Waals surface area contributed by atoms with Crippen LogP contribution in [0.5, 0.6) is 0 Å². The van der Waals surface area contributed by atoms with E-state index in [1.54, 1.807) is 0 Å². The van der Waals surface area contributed by atoms with Crippen LogP contribution < -0.4 is 5.43 Å². The first kappa shape index (κ1) is 17.4. The van der Waals surface area contributed by atoms with Gasteiger partial charge in [0, 0.05) is 5.02 Å². The van der Waals surface area contributed by atoms with Crippen LogP contribution in [0.4, 0.5) is 5.69 Å². The Kier molecular flexibility index (Phi) is 7.45. The lowest BCUT2D eigenvalue weighted by Gasteiger charge is -2.07. The average Bonchev–Trinajstić information content (AvgIpc) is 2.37. The molecule has 0 atom stereocenters. The Hall–Kier alpha value is -0.680. The van der Waals surface area contributed by atoms with E-state index in [-0.39, 0.29) is 15.2 Å². The standard InChI is InChI=1S/C12H12Cl4N2O2/c1-2-3-4-20-12(19)11(16)18-17-10-8(14)5-7(13)6-9(10)15/h5-6,17H,2-4H2,1H3. The highest BCUT2D eigenvalue weighted by molar-refractivity contribution is 6.82. The van der Waals surface area contributed by atoms with E-state index in [0.29, 0.717) is 17.3 Å². The number of benzene rings is 1. The van der Waals surface area contributed by atoms with Gasteiger partial charge in [0.1, 0.15) is 0 Å². The Morgan fingerprint density at radius 2 is 1.90 bits per heavy atom. The second kappa shape index (κ2) is 8.57. The maximum atomic E-state index is 11.5. The third-order valence-corrected chi connectivity index (χ3v) is 3.23. The summed E-state index contributed by atoms with van der Waals surface area (Å²) in [6, 6.07) is 2.97. The lowest BCUT2D eigenvalue weighted by atomic mass is 10.3. The molecular weight excluding hydrogens is 346 g/mol. The molecule has 4 nitrogen and oxygen atoms in total. The van der Waals surface area contributed by atoms with Gasteiger partial charge in [-0.1, -0.05) is 59.7 Å². The van der Waals surface area contributed by atoms with Crippen LogP contribution >= 0.6 is 46.4 Å². The van der Waals surface area contributed by atoms with Crippen LogP contribution in [0.1, 0.15) is 19.8 Å². The summed E-state index contributed by atoms with van der Waals surface area (Å²) in [4.78, 5) is 11.5. The molecule has 1 aromatic carbocycles. The van der Waals surface area contributed by atoms with Crippen LogP contribution in [0.25, 0.3) is 0 Å². The number of halogens is 4. The van der Waals surface area contributed by atoms with Gasteiger partial charge in [-0.25, -0.2) is 4.79 Å². The minimum atomic E-state index is -0.714. The summed E-state index contributed by atoms with van der Waals surface area (Å²) >= 11 is 23.4. The van der Waals surface area contributed by atoms with E-state index in [9.17, 15) is 4.79 Å². The number of hydrogen-bond acceptors (Lipinski definition) is 4. The zero-order chi connectivity index (χ0) is 15.1. The minimum absolute atomic E-state index is 0.259. The van der Waals surface area contributed by atoms with Gasteiger partial charge < -0.3 is 4.74 Å². The zero-order valence-electron chi connectivity index (χ0n) is 10.6. The number of hydrazone groups is 1. The number of ether oxygens (including phenoxy) is 1. The summed E-state index contributed by atoms with van der Waals surface area (Å²) in [6.45, 7) is 2.28. The highest BCUT2D eigenvalue weighted by Crippen LogP contribution is 2.33. The minimum Gasteiger partial charge on any atom is -0.460 e. The molecule has 8 heteroatoms. The smallest absolute Gasteiger partial charge is 0.370 e. The summed E-state index contributed by atoms with van der Waals surface area (Å²) < 4.78 is 4.88. The third-order valence-electron chi connectivity index (χ3n) is 2.17. The monoisotopic (exact) mass is 356 g/mol. The number of carbonyl (C=O) groups excluding carboxylic acids is 1. The molecule has 0 aliphatic heterocycles. The molecule has 0 spiro atoms. The van der Waals surface area contributed by atoms with Crippen LogP contribution in [-0.2, 0) is 9.53 Å². The number of carbonyl (C=O) groups is 1. The van der Waals surface area contributed by atoms with Crippen LogP contribution in [0.3, 0.4) is 0 Å². The molecule has 1 aromatic rings. The van der Waals surface area contributed by atoms with Gasteiger partial charge in [0.15, 0.2) is 0 Å². The molecule has 20 heavy (non-hydrogen) atoms. The SMILES string of the molecule is CCCCOC(=O)C(Cl)=NNc1c(Cl)cc(Cl)cc1Cl. The number of hydrogen-bond donors (Lipinski definition) is 1. The molecule has 110 valence electrons. The molecule has 0 amide bonds. The number of nitrogens with zero attached hydrogens (tertiary/aromatic N) is 1. The zero-order valence-corrected chi connectivity index (χ0v) is 13.6. The van der Waals surface area contributed by atoms with Crippen molar-refractivity contribution in [2.45, 2.75) is 19.8 Å². The Labute approximate surface area is 137 Å². The molecule has 0 saturated heterocycles. The van der Waals surface area contributed by atoms with Crippen molar-refractivity contribution in [1.29, 1.82) is 0 Å². The van der Waals surface area contributed by atoms with Crippen molar-refractivity contribution < 1.29 is 9.53 Å². The second-order valence-corrected chi connectivity index (χ2v) is 5.36. The molecule has 0 bridgehead atoms. The molecule has 1 N–H and O–H groups in total. The van der Waals surface area contributed by atoms with Crippen molar-refractivity contribution in [2.24, 2.45) is 5.10 Å². The molecule has 0 fully saturated rings. The Balaban J connectivity index is 2.69. The summed E-state index contributed by atoms with van der Waals surface area (Å²) in [7, 11) is 0. The summed E-state index contributed by atoms with van der Waals surface area (Å²) in [6.07, 6.45) is 1.68. The first-order valence-electron chi connectivity index (χ1n) is 5.76. The molecule has 0 heterocycles. The fourth-order valence-electron chi connectivity index (χ4n) is 1.17. The number of rotatable bonds is 6. The first-order chi connectivity index (χ1) is 9.45. The van der Waals surface area contributed by atoms with Crippen molar-refractivity contribution in [2.75, 3.05) is 12.0 Å². The summed E-state index contributed by atoms with van der Waals surface area (Å²) in [5.74, 6) is -0.714. The fraction of sp³-hybridized carbons (Fsp3) is 0.333. The molecular formula is C12H12Cl4N2O2. The number of anilines is 1. The normalized spacial score (nSPS) is 11.3. The second-order valence-electron chi connectivity index (χ2n) is 3.75. The van der Waals surface area contributed by atoms with Gasteiger partial charge in [-0.3, -0.25) is 5.43 Å². The van der Waals surface area contributed by atoms with Gasteiger partial charge in [-0.2, -0.15) is 5.10 Å². The average molecular weight is 358 g/mol. The van der Waals surface area contributed by atoms with E-state index in [4.69, 9.17) is 51.1 Å². The Morgan fingerprint density at radius 1 is 1.30 bits per heavy atom. The van der Waals surface area contributed by atoms with Gasteiger partial charge in [0.2, 0.25) is 5.17 Å². The van der Waals surface area contributed by atoms with Gasteiger partial charge in [-0.15, -0.1) is 0 Å². The predicted octanol–water partition coefficient (Wildman–Crippen LogP) is 4.95. The highest BCUT2D eigenvalue weighted by atomic mass is 35.5. The van der Waals surface area contributed by atoms with E-state index in [0.717, 1.165) is 12.8 Å². The van der Waals surface area contributed by atoms with Crippen molar-refractivity contribution >= 4 is 63.2 Å². The first-order valence-corrected chi connectivity index (χ1v) is 7.27. The molecule has 0 unspecified atom stereocenters. The molecule has 0 aliphatic carbocycles. The van der Waals surface area contributed by atoms with E-state index < -0.39 is 5.97 Å². The maximum Gasteiger partial charge on any atom is 0.370 e. The molecule has 0 saturated carbocycles. The number of esters is 1. The van der Waals surface area contributed by atoms with Crippen LogP contribution in [-0.4, -0.2) is 17.7 Å². The number of unbranched alkanes of at least 4 members (excludes halogenated alkanes) is 1. The Morgan fingerprint density at radius 3 is 2.45 bits per heavy atom. The molecule has 0 aromatic heterocycles. The van der Waals surface area contributed by atoms with E-state index in [1.807, 2.05) is 6.92 Å². The maximum absolute atomic E-state index is 11.5. The van der Waals surface area contributed by atoms with E-state index in [2.05, 4.69) is 10.5 Å². The highest BCUT2D eigenvalue weighted by Gasteiger charge is 2.12. The largest absolute Gasteiger partial charge is 0.460 e.